The van der Waals surface area contributed by atoms with Crippen LogP contribution in [0.4, 0.5) is 4.39 Å². The van der Waals surface area contributed by atoms with Gasteiger partial charge >= 0.3 is 0 Å². The van der Waals surface area contributed by atoms with Crippen LogP contribution in [0.5, 0.6) is 0 Å². The zero-order valence-corrected chi connectivity index (χ0v) is 10.7. The number of nitrogens with one attached hydrogen (secondary N) is 1. The molecule has 2 rings (SSSR count). The van der Waals surface area contributed by atoms with Gasteiger partial charge in [-0.1, -0.05) is 19.1 Å². The molecule has 2 nitrogen and oxygen atoms in total. The van der Waals surface area contributed by atoms with Crippen molar-refractivity contribution in [2.45, 2.75) is 20.4 Å². The predicted octanol–water partition coefficient (Wildman–Crippen LogP) is 3.31. The number of rotatable bonds is 4. The van der Waals surface area contributed by atoms with Crippen molar-refractivity contribution in [2.75, 3.05) is 6.54 Å². The molecular formula is C15H17FN2. The average Bonchev–Trinajstić information content (AvgIpc) is 2.39. The van der Waals surface area contributed by atoms with Gasteiger partial charge in [-0.25, -0.2) is 4.39 Å². The van der Waals surface area contributed by atoms with Crippen molar-refractivity contribution in [3.8, 4) is 11.1 Å². The van der Waals surface area contributed by atoms with Crippen LogP contribution in [0.2, 0.25) is 0 Å². The minimum atomic E-state index is -0.207. The Morgan fingerprint density at radius 2 is 2.06 bits per heavy atom. The van der Waals surface area contributed by atoms with Gasteiger partial charge in [0, 0.05) is 29.6 Å². The summed E-state index contributed by atoms with van der Waals surface area (Å²) in [4.78, 5) is 4.21. The summed E-state index contributed by atoms with van der Waals surface area (Å²) in [5, 5.41) is 3.23. The van der Waals surface area contributed by atoms with E-state index in [1.54, 1.807) is 6.20 Å². The van der Waals surface area contributed by atoms with Crippen molar-refractivity contribution in [1.82, 2.24) is 10.3 Å². The lowest BCUT2D eigenvalue weighted by molar-refractivity contribution is 0.629. The summed E-state index contributed by atoms with van der Waals surface area (Å²) in [7, 11) is 0. The number of halogens is 1. The highest BCUT2D eigenvalue weighted by Crippen LogP contribution is 2.23. The van der Waals surface area contributed by atoms with Crippen LogP contribution >= 0.6 is 0 Å². The standard InChI is InChI=1S/C15H17FN2/c1-3-17-9-12-5-7-15(16)14(8-12)13-6-4-11(2)18-10-13/h4-8,10,17H,3,9H2,1-2H3. The minimum absolute atomic E-state index is 0.207. The van der Waals surface area contributed by atoms with Crippen LogP contribution in [0.25, 0.3) is 11.1 Å². The van der Waals surface area contributed by atoms with Gasteiger partial charge in [0.25, 0.3) is 0 Å². The lowest BCUT2D eigenvalue weighted by atomic mass is 10.0. The summed E-state index contributed by atoms with van der Waals surface area (Å²) in [6.07, 6.45) is 1.71. The largest absolute Gasteiger partial charge is 0.313 e. The molecule has 18 heavy (non-hydrogen) atoms. The van der Waals surface area contributed by atoms with Crippen molar-refractivity contribution in [3.63, 3.8) is 0 Å². The van der Waals surface area contributed by atoms with Gasteiger partial charge in [-0.05, 0) is 37.2 Å². The van der Waals surface area contributed by atoms with E-state index in [1.807, 2.05) is 38.1 Å². The molecule has 0 aliphatic rings. The molecule has 2 aromatic rings. The molecule has 0 aliphatic heterocycles. The lowest BCUT2D eigenvalue weighted by Crippen LogP contribution is -2.11. The van der Waals surface area contributed by atoms with E-state index in [0.717, 1.165) is 29.9 Å². The van der Waals surface area contributed by atoms with E-state index in [4.69, 9.17) is 0 Å². The predicted molar refractivity (Wildman–Crippen MR) is 71.7 cm³/mol. The van der Waals surface area contributed by atoms with E-state index in [9.17, 15) is 4.39 Å². The Morgan fingerprint density at radius 3 is 2.72 bits per heavy atom. The molecule has 0 spiro atoms. The molecule has 1 heterocycles. The van der Waals surface area contributed by atoms with E-state index in [-0.39, 0.29) is 5.82 Å². The van der Waals surface area contributed by atoms with Crippen molar-refractivity contribution < 1.29 is 4.39 Å². The highest BCUT2D eigenvalue weighted by Gasteiger charge is 2.06. The zero-order chi connectivity index (χ0) is 13.0. The second-order valence-corrected chi connectivity index (χ2v) is 4.28. The SMILES string of the molecule is CCNCc1ccc(F)c(-c2ccc(C)nc2)c1. The molecular weight excluding hydrogens is 227 g/mol. The molecule has 0 amide bonds. The first-order valence-corrected chi connectivity index (χ1v) is 6.13. The van der Waals surface area contributed by atoms with Crippen LogP contribution in [0.1, 0.15) is 18.2 Å². The molecule has 94 valence electrons. The first kappa shape index (κ1) is 12.7. The van der Waals surface area contributed by atoms with Gasteiger partial charge in [0.2, 0.25) is 0 Å². The molecule has 0 saturated carbocycles. The third kappa shape index (κ3) is 2.93. The number of benzene rings is 1. The summed E-state index contributed by atoms with van der Waals surface area (Å²) in [6.45, 7) is 5.62. The summed E-state index contributed by atoms with van der Waals surface area (Å²) in [5.74, 6) is -0.207. The third-order valence-electron chi connectivity index (χ3n) is 2.83. The van der Waals surface area contributed by atoms with Crippen LogP contribution < -0.4 is 5.32 Å². The summed E-state index contributed by atoms with van der Waals surface area (Å²) < 4.78 is 13.8. The second-order valence-electron chi connectivity index (χ2n) is 4.28. The number of hydrogen-bond acceptors (Lipinski definition) is 2. The van der Waals surface area contributed by atoms with Gasteiger partial charge in [-0.3, -0.25) is 4.98 Å². The fourth-order valence-corrected chi connectivity index (χ4v) is 1.80. The van der Waals surface area contributed by atoms with Crippen LogP contribution in [0, 0.1) is 12.7 Å². The molecule has 1 aromatic heterocycles. The first-order valence-electron chi connectivity index (χ1n) is 6.13. The Labute approximate surface area is 107 Å². The van der Waals surface area contributed by atoms with Gasteiger partial charge in [0.15, 0.2) is 0 Å². The van der Waals surface area contributed by atoms with Crippen molar-refractivity contribution >= 4 is 0 Å². The lowest BCUT2D eigenvalue weighted by Gasteiger charge is -2.07. The maximum absolute atomic E-state index is 13.8. The molecule has 1 N–H and O–H groups in total. The van der Waals surface area contributed by atoms with E-state index in [0.29, 0.717) is 5.56 Å². The Morgan fingerprint density at radius 1 is 1.22 bits per heavy atom. The minimum Gasteiger partial charge on any atom is -0.313 e. The molecule has 0 bridgehead atoms. The van der Waals surface area contributed by atoms with E-state index >= 15 is 0 Å². The van der Waals surface area contributed by atoms with Gasteiger partial charge < -0.3 is 5.32 Å². The average molecular weight is 244 g/mol. The third-order valence-corrected chi connectivity index (χ3v) is 2.83. The second kappa shape index (κ2) is 5.74. The number of aryl methyl sites for hydroxylation is 1. The molecule has 0 saturated heterocycles. The van der Waals surface area contributed by atoms with E-state index in [1.165, 1.54) is 6.07 Å². The smallest absolute Gasteiger partial charge is 0.131 e. The summed E-state index contributed by atoms with van der Waals surface area (Å²) >= 11 is 0. The van der Waals surface area contributed by atoms with Gasteiger partial charge in [-0.15, -0.1) is 0 Å². The van der Waals surface area contributed by atoms with Crippen molar-refractivity contribution in [1.29, 1.82) is 0 Å². The zero-order valence-electron chi connectivity index (χ0n) is 10.7. The van der Waals surface area contributed by atoms with Crippen LogP contribution in [-0.2, 0) is 6.54 Å². The normalized spacial score (nSPS) is 10.6. The molecule has 0 fully saturated rings. The van der Waals surface area contributed by atoms with Gasteiger partial charge in [0.1, 0.15) is 5.82 Å². The highest BCUT2D eigenvalue weighted by atomic mass is 19.1. The number of aromatic nitrogens is 1. The fraction of sp³-hybridized carbons (Fsp3) is 0.267. The first-order chi connectivity index (χ1) is 8.70. The van der Waals surface area contributed by atoms with Gasteiger partial charge in [-0.2, -0.15) is 0 Å². The van der Waals surface area contributed by atoms with Crippen molar-refractivity contribution in [3.05, 3.63) is 53.6 Å². The quantitative estimate of drug-likeness (QED) is 0.892. The number of nitrogens with zero attached hydrogens (tertiary/aromatic N) is 1. The fourth-order valence-electron chi connectivity index (χ4n) is 1.80. The van der Waals surface area contributed by atoms with Crippen LogP contribution in [0.3, 0.4) is 0 Å². The number of hydrogen-bond donors (Lipinski definition) is 1. The maximum Gasteiger partial charge on any atom is 0.131 e. The molecule has 1 aromatic carbocycles. The molecule has 0 aliphatic carbocycles. The molecule has 0 unspecified atom stereocenters. The van der Waals surface area contributed by atoms with Crippen LogP contribution in [-0.4, -0.2) is 11.5 Å². The topological polar surface area (TPSA) is 24.9 Å². The van der Waals surface area contributed by atoms with Crippen LogP contribution in [0.15, 0.2) is 36.5 Å². The Bertz CT molecular complexity index is 521. The number of pyridine rings is 1. The Balaban J connectivity index is 2.33. The monoisotopic (exact) mass is 244 g/mol. The molecule has 3 heteroatoms. The van der Waals surface area contributed by atoms with E-state index in [2.05, 4.69) is 10.3 Å². The molecule has 0 atom stereocenters. The summed E-state index contributed by atoms with van der Waals surface area (Å²) in [5.41, 5.74) is 3.44. The highest BCUT2D eigenvalue weighted by molar-refractivity contribution is 5.64. The van der Waals surface area contributed by atoms with Crippen molar-refractivity contribution in [2.24, 2.45) is 0 Å². The van der Waals surface area contributed by atoms with E-state index < -0.39 is 0 Å². The summed E-state index contributed by atoms with van der Waals surface area (Å²) in [6, 6.07) is 9.00. The maximum atomic E-state index is 13.8. The molecule has 0 radical (unpaired) electrons. The van der Waals surface area contributed by atoms with Gasteiger partial charge in [0.05, 0.1) is 0 Å². The Hall–Kier alpha value is -1.74. The Kier molecular flexibility index (Phi) is 4.05.